The van der Waals surface area contributed by atoms with E-state index in [4.69, 9.17) is 21.1 Å². The van der Waals surface area contributed by atoms with Gasteiger partial charge in [-0.15, -0.1) is 0 Å². The molecule has 116 valence electrons. The third-order valence-electron chi connectivity index (χ3n) is 4.60. The van der Waals surface area contributed by atoms with E-state index in [1.807, 2.05) is 12.1 Å². The standard InChI is InChI=1S/C17H24ClNO2/c1-17(5-3-2-4-6-17)12-19-11-13-9-14(18)16-15(10-13)20-7-8-21-16/h9-10,19H,2-8,11-12H2,1H3. The predicted molar refractivity (Wildman–Crippen MR) is 85.3 cm³/mol. The molecule has 0 saturated heterocycles. The summed E-state index contributed by atoms with van der Waals surface area (Å²) in [7, 11) is 0. The normalized spacial score (nSPS) is 20.3. The van der Waals surface area contributed by atoms with Gasteiger partial charge in [0.2, 0.25) is 0 Å². The maximum absolute atomic E-state index is 6.27. The van der Waals surface area contributed by atoms with Crippen molar-refractivity contribution < 1.29 is 9.47 Å². The van der Waals surface area contributed by atoms with Gasteiger partial charge in [-0.25, -0.2) is 0 Å². The minimum Gasteiger partial charge on any atom is -0.486 e. The predicted octanol–water partition coefficient (Wildman–Crippen LogP) is 4.17. The van der Waals surface area contributed by atoms with Crippen LogP contribution in [0.4, 0.5) is 0 Å². The SMILES string of the molecule is CC1(CNCc2cc(Cl)c3c(c2)OCCO3)CCCCC1. The van der Waals surface area contributed by atoms with Crippen LogP contribution in [-0.4, -0.2) is 19.8 Å². The lowest BCUT2D eigenvalue weighted by atomic mass is 9.76. The lowest BCUT2D eigenvalue weighted by molar-refractivity contribution is 0.171. The molecule has 1 aromatic rings. The second kappa shape index (κ2) is 6.45. The molecule has 3 nitrogen and oxygen atoms in total. The molecule has 1 N–H and O–H groups in total. The van der Waals surface area contributed by atoms with Crippen molar-refractivity contribution in [3.63, 3.8) is 0 Å². The van der Waals surface area contributed by atoms with Gasteiger partial charge in [0.05, 0.1) is 5.02 Å². The number of ether oxygens (including phenoxy) is 2. The summed E-state index contributed by atoms with van der Waals surface area (Å²) in [4.78, 5) is 0. The lowest BCUT2D eigenvalue weighted by Crippen LogP contribution is -2.33. The van der Waals surface area contributed by atoms with E-state index in [-0.39, 0.29) is 0 Å². The number of rotatable bonds is 4. The molecule has 1 fully saturated rings. The highest BCUT2D eigenvalue weighted by Gasteiger charge is 2.26. The Morgan fingerprint density at radius 3 is 2.71 bits per heavy atom. The van der Waals surface area contributed by atoms with Crippen molar-refractivity contribution in [2.75, 3.05) is 19.8 Å². The summed E-state index contributed by atoms with van der Waals surface area (Å²) in [5, 5.41) is 4.24. The van der Waals surface area contributed by atoms with Gasteiger partial charge in [-0.05, 0) is 36.0 Å². The molecule has 2 aliphatic rings. The largest absolute Gasteiger partial charge is 0.486 e. The molecule has 0 atom stereocenters. The number of hydrogen-bond donors (Lipinski definition) is 1. The molecule has 0 spiro atoms. The van der Waals surface area contributed by atoms with Crippen molar-refractivity contribution in [3.8, 4) is 11.5 Å². The summed E-state index contributed by atoms with van der Waals surface area (Å²) < 4.78 is 11.2. The number of nitrogens with one attached hydrogen (secondary N) is 1. The maximum atomic E-state index is 6.27. The molecule has 1 saturated carbocycles. The van der Waals surface area contributed by atoms with Crippen LogP contribution in [0.1, 0.15) is 44.6 Å². The molecule has 1 heterocycles. The smallest absolute Gasteiger partial charge is 0.179 e. The van der Waals surface area contributed by atoms with Crippen molar-refractivity contribution in [3.05, 3.63) is 22.7 Å². The second-order valence-electron chi connectivity index (χ2n) is 6.58. The summed E-state index contributed by atoms with van der Waals surface area (Å²) in [6.07, 6.45) is 6.80. The van der Waals surface area contributed by atoms with Crippen molar-refractivity contribution in [1.29, 1.82) is 0 Å². The molecular weight excluding hydrogens is 286 g/mol. The average molecular weight is 310 g/mol. The third-order valence-corrected chi connectivity index (χ3v) is 4.88. The van der Waals surface area contributed by atoms with Crippen LogP contribution in [0, 0.1) is 5.41 Å². The second-order valence-corrected chi connectivity index (χ2v) is 6.98. The van der Waals surface area contributed by atoms with Gasteiger partial charge < -0.3 is 14.8 Å². The first-order valence-electron chi connectivity index (χ1n) is 7.95. The number of hydrogen-bond acceptors (Lipinski definition) is 3. The molecule has 0 aromatic heterocycles. The Hall–Kier alpha value is -0.930. The van der Waals surface area contributed by atoms with Gasteiger partial charge in [0.15, 0.2) is 11.5 Å². The highest BCUT2D eigenvalue weighted by atomic mass is 35.5. The molecule has 0 amide bonds. The molecule has 1 aromatic carbocycles. The summed E-state index contributed by atoms with van der Waals surface area (Å²) in [6.45, 7) is 5.46. The van der Waals surface area contributed by atoms with Gasteiger partial charge in [0.25, 0.3) is 0 Å². The molecule has 3 rings (SSSR count). The van der Waals surface area contributed by atoms with Crippen LogP contribution in [0.2, 0.25) is 5.02 Å². The molecule has 0 bridgehead atoms. The Kier molecular flexibility index (Phi) is 4.60. The molecule has 0 radical (unpaired) electrons. The molecule has 1 aliphatic heterocycles. The van der Waals surface area contributed by atoms with Gasteiger partial charge in [-0.1, -0.05) is 37.8 Å². The Morgan fingerprint density at radius 2 is 1.90 bits per heavy atom. The first-order chi connectivity index (χ1) is 10.2. The van der Waals surface area contributed by atoms with Crippen LogP contribution in [0.15, 0.2) is 12.1 Å². The fourth-order valence-electron chi connectivity index (χ4n) is 3.36. The van der Waals surface area contributed by atoms with Gasteiger partial charge in [-0.3, -0.25) is 0 Å². The van der Waals surface area contributed by atoms with Crippen LogP contribution < -0.4 is 14.8 Å². The van der Waals surface area contributed by atoms with Crippen LogP contribution in [0.25, 0.3) is 0 Å². The summed E-state index contributed by atoms with van der Waals surface area (Å²) in [6, 6.07) is 4.02. The van der Waals surface area contributed by atoms with E-state index in [9.17, 15) is 0 Å². The van der Waals surface area contributed by atoms with E-state index < -0.39 is 0 Å². The van der Waals surface area contributed by atoms with Crippen molar-refractivity contribution >= 4 is 11.6 Å². The zero-order valence-corrected chi connectivity index (χ0v) is 13.5. The number of fused-ring (bicyclic) bond motifs is 1. The lowest BCUT2D eigenvalue weighted by Gasteiger charge is -2.33. The minimum atomic E-state index is 0.454. The number of benzene rings is 1. The zero-order valence-electron chi connectivity index (χ0n) is 12.7. The topological polar surface area (TPSA) is 30.5 Å². The fraction of sp³-hybridized carbons (Fsp3) is 0.647. The van der Waals surface area contributed by atoms with Crippen LogP contribution in [0.3, 0.4) is 0 Å². The monoisotopic (exact) mass is 309 g/mol. The molecule has 0 unspecified atom stereocenters. The van der Waals surface area contributed by atoms with Crippen molar-refractivity contribution in [1.82, 2.24) is 5.32 Å². The molecule has 4 heteroatoms. The molecule has 1 aliphatic carbocycles. The fourth-order valence-corrected chi connectivity index (χ4v) is 3.64. The summed E-state index contributed by atoms with van der Waals surface area (Å²) in [5.74, 6) is 1.46. The molecular formula is C17H24ClNO2. The van der Waals surface area contributed by atoms with Gasteiger partial charge in [0, 0.05) is 13.1 Å². The minimum absolute atomic E-state index is 0.454. The Balaban J connectivity index is 1.59. The Morgan fingerprint density at radius 1 is 1.14 bits per heavy atom. The summed E-state index contributed by atoms with van der Waals surface area (Å²) >= 11 is 6.27. The van der Waals surface area contributed by atoms with E-state index in [2.05, 4.69) is 12.2 Å². The van der Waals surface area contributed by atoms with Crippen LogP contribution in [0.5, 0.6) is 11.5 Å². The summed E-state index contributed by atoms with van der Waals surface area (Å²) in [5.41, 5.74) is 1.61. The first kappa shape index (κ1) is 15.0. The van der Waals surface area contributed by atoms with Crippen molar-refractivity contribution in [2.45, 2.75) is 45.6 Å². The van der Waals surface area contributed by atoms with E-state index in [1.165, 1.54) is 32.1 Å². The third kappa shape index (κ3) is 3.64. The van der Waals surface area contributed by atoms with Gasteiger partial charge in [-0.2, -0.15) is 0 Å². The first-order valence-corrected chi connectivity index (χ1v) is 8.33. The van der Waals surface area contributed by atoms with Crippen LogP contribution in [-0.2, 0) is 6.54 Å². The highest BCUT2D eigenvalue weighted by Crippen LogP contribution is 2.38. The highest BCUT2D eigenvalue weighted by molar-refractivity contribution is 6.32. The Labute approximate surface area is 132 Å². The Bertz CT molecular complexity index is 498. The molecule has 21 heavy (non-hydrogen) atoms. The van der Waals surface area contributed by atoms with Gasteiger partial charge >= 0.3 is 0 Å². The van der Waals surface area contributed by atoms with Crippen molar-refractivity contribution in [2.24, 2.45) is 5.41 Å². The van der Waals surface area contributed by atoms with Gasteiger partial charge in [0.1, 0.15) is 13.2 Å². The van der Waals surface area contributed by atoms with E-state index in [0.717, 1.165) is 24.4 Å². The average Bonchev–Trinajstić information content (AvgIpc) is 2.48. The zero-order chi connectivity index (χ0) is 14.7. The van der Waals surface area contributed by atoms with Crippen LogP contribution >= 0.6 is 11.6 Å². The quantitative estimate of drug-likeness (QED) is 0.905. The maximum Gasteiger partial charge on any atom is 0.179 e. The van der Waals surface area contributed by atoms with E-state index in [1.54, 1.807) is 0 Å². The van der Waals surface area contributed by atoms with E-state index >= 15 is 0 Å². The number of halogens is 1. The van der Waals surface area contributed by atoms with E-state index in [0.29, 0.717) is 29.4 Å².